The summed E-state index contributed by atoms with van der Waals surface area (Å²) in [5.41, 5.74) is 0. The molecule has 0 saturated heterocycles. The molecule has 0 aromatic heterocycles. The molecule has 2 nitrogen and oxygen atoms in total. The zero-order chi connectivity index (χ0) is 7.70. The van der Waals surface area contributed by atoms with Gasteiger partial charge in [-0.05, 0) is 13.8 Å². The van der Waals surface area contributed by atoms with E-state index in [-0.39, 0.29) is 5.97 Å². The van der Waals surface area contributed by atoms with Crippen LogP contribution in [0.15, 0.2) is 12.2 Å². The first-order valence-electron chi connectivity index (χ1n) is 2.80. The van der Waals surface area contributed by atoms with E-state index >= 15 is 0 Å². The fourth-order valence-corrected chi connectivity index (χ4v) is 0. The summed E-state index contributed by atoms with van der Waals surface area (Å²) in [6.07, 6.45) is 4.00. The van der Waals surface area contributed by atoms with Gasteiger partial charge < -0.3 is 4.43 Å². The molecule has 0 amide bonds. The van der Waals surface area contributed by atoms with Crippen LogP contribution in [-0.4, -0.2) is 16.5 Å². The molecule has 54 valence electrons. The summed E-state index contributed by atoms with van der Waals surface area (Å²) >= 11 is 0. The normalized spacial score (nSPS) is 8.33. The summed E-state index contributed by atoms with van der Waals surface area (Å²) in [7, 11) is 0.524. The van der Waals surface area contributed by atoms with Crippen LogP contribution in [-0.2, 0) is 9.22 Å². The largest absolute Gasteiger partial charge is 0.529 e. The Hall–Kier alpha value is -0.573. The van der Waals surface area contributed by atoms with E-state index in [1.54, 1.807) is 0 Å². The Morgan fingerprint density at radius 1 is 1.44 bits per heavy atom. The van der Waals surface area contributed by atoms with Crippen molar-refractivity contribution in [1.29, 1.82) is 0 Å². The Balaban J connectivity index is 0. The van der Waals surface area contributed by atoms with Gasteiger partial charge in [0.1, 0.15) is 0 Å². The van der Waals surface area contributed by atoms with Gasteiger partial charge in [-0.3, -0.25) is 4.79 Å². The smallest absolute Gasteiger partial charge is 0.288 e. The van der Waals surface area contributed by atoms with E-state index in [9.17, 15) is 4.79 Å². The van der Waals surface area contributed by atoms with Crippen molar-refractivity contribution in [3.05, 3.63) is 12.2 Å². The molecular formula is C6H14O2Si. The molecule has 0 aliphatic rings. The van der Waals surface area contributed by atoms with Crippen LogP contribution in [0, 0.1) is 0 Å². The number of carbonyl (C=O) groups is 1. The maximum Gasteiger partial charge on any atom is 0.288 e. The monoisotopic (exact) mass is 146 g/mol. The average molecular weight is 146 g/mol. The summed E-state index contributed by atoms with van der Waals surface area (Å²) in [6, 6.07) is 0. The van der Waals surface area contributed by atoms with Gasteiger partial charge in [0, 0.05) is 6.92 Å². The molecule has 0 aromatic rings. The summed E-state index contributed by atoms with van der Waals surface area (Å²) < 4.78 is 4.25. The summed E-state index contributed by atoms with van der Waals surface area (Å²) in [4.78, 5) is 9.62. The summed E-state index contributed by atoms with van der Waals surface area (Å²) in [5, 5.41) is 0. The Morgan fingerprint density at radius 3 is 1.67 bits per heavy atom. The number of carbonyl (C=O) groups excluding carboxylic acids is 1. The minimum absolute atomic E-state index is 0.184. The van der Waals surface area contributed by atoms with E-state index in [4.69, 9.17) is 0 Å². The molecular weight excluding hydrogens is 132 g/mol. The number of hydrogen-bond donors (Lipinski definition) is 0. The van der Waals surface area contributed by atoms with Crippen molar-refractivity contribution in [3.8, 4) is 0 Å². The van der Waals surface area contributed by atoms with Crippen molar-refractivity contribution in [2.75, 3.05) is 0 Å². The Kier molecular flexibility index (Phi) is 13.0. The summed E-state index contributed by atoms with van der Waals surface area (Å²) in [6.45, 7) is 5.40. The lowest BCUT2D eigenvalue weighted by Gasteiger charge is -1.82. The predicted octanol–water partition coefficient (Wildman–Crippen LogP) is 0.412. The molecule has 0 N–H and O–H groups in total. The second-order valence-electron chi connectivity index (χ2n) is 1.36. The molecule has 9 heavy (non-hydrogen) atoms. The van der Waals surface area contributed by atoms with Crippen molar-refractivity contribution in [2.45, 2.75) is 20.8 Å². The second-order valence-corrected chi connectivity index (χ2v) is 1.77. The standard InChI is InChI=1S/C4H8.C2H6O2Si/c1-3-4-2;1-2(3)4-5/h3-4H,1-2H3;1,5H3. The predicted molar refractivity (Wildman–Crippen MR) is 42.2 cm³/mol. The molecule has 0 aromatic carbocycles. The molecule has 0 unspecified atom stereocenters. The molecule has 0 aliphatic heterocycles. The van der Waals surface area contributed by atoms with Crippen LogP contribution in [0.2, 0.25) is 0 Å². The zero-order valence-electron chi connectivity index (χ0n) is 6.47. The maximum absolute atomic E-state index is 9.62. The maximum atomic E-state index is 9.62. The first kappa shape index (κ1) is 11.3. The van der Waals surface area contributed by atoms with Crippen LogP contribution < -0.4 is 0 Å². The number of allylic oxidation sites excluding steroid dienone is 2. The number of rotatable bonds is 0. The highest BCUT2D eigenvalue weighted by Gasteiger charge is 1.74. The third-order valence-electron chi connectivity index (χ3n) is 0.621. The van der Waals surface area contributed by atoms with Gasteiger partial charge in [0.05, 0.1) is 0 Å². The van der Waals surface area contributed by atoms with Crippen molar-refractivity contribution < 1.29 is 9.22 Å². The molecule has 0 fully saturated rings. The number of hydrogen-bond acceptors (Lipinski definition) is 2. The zero-order valence-corrected chi connectivity index (χ0v) is 8.47. The van der Waals surface area contributed by atoms with Crippen LogP contribution >= 0.6 is 0 Å². The third-order valence-corrected chi connectivity index (χ3v) is 1.20. The first-order chi connectivity index (χ1) is 4.18. The third kappa shape index (κ3) is 37.1. The van der Waals surface area contributed by atoms with Crippen LogP contribution in [0.1, 0.15) is 20.8 Å². The van der Waals surface area contributed by atoms with Gasteiger partial charge >= 0.3 is 0 Å². The average Bonchev–Trinajstić information content (AvgIpc) is 1.89. The van der Waals surface area contributed by atoms with Crippen molar-refractivity contribution >= 4 is 16.5 Å². The van der Waals surface area contributed by atoms with Gasteiger partial charge in [0.15, 0.2) is 0 Å². The topological polar surface area (TPSA) is 26.3 Å². The van der Waals surface area contributed by atoms with Gasteiger partial charge in [0.25, 0.3) is 5.97 Å². The van der Waals surface area contributed by atoms with E-state index in [2.05, 4.69) is 4.43 Å². The highest BCUT2D eigenvalue weighted by Crippen LogP contribution is 1.58. The minimum atomic E-state index is -0.184. The first-order valence-corrected chi connectivity index (χ1v) is 3.62. The van der Waals surface area contributed by atoms with Crippen LogP contribution in [0.5, 0.6) is 0 Å². The molecule has 0 spiro atoms. The molecule has 3 heteroatoms. The fourth-order valence-electron chi connectivity index (χ4n) is 0. The highest BCUT2D eigenvalue weighted by molar-refractivity contribution is 6.04. The van der Waals surface area contributed by atoms with Gasteiger partial charge in [-0.1, -0.05) is 12.2 Å². The van der Waals surface area contributed by atoms with E-state index in [1.165, 1.54) is 6.92 Å². The second kappa shape index (κ2) is 10.4. The van der Waals surface area contributed by atoms with Crippen LogP contribution in [0.25, 0.3) is 0 Å². The lowest BCUT2D eigenvalue weighted by atomic mass is 10.6. The molecule has 0 radical (unpaired) electrons. The minimum Gasteiger partial charge on any atom is -0.529 e. The van der Waals surface area contributed by atoms with E-state index in [0.717, 1.165) is 0 Å². The van der Waals surface area contributed by atoms with E-state index in [1.807, 2.05) is 26.0 Å². The highest BCUT2D eigenvalue weighted by atomic mass is 28.2. The van der Waals surface area contributed by atoms with Gasteiger partial charge in [-0.15, -0.1) is 0 Å². The molecule has 0 atom stereocenters. The molecule has 0 aliphatic carbocycles. The van der Waals surface area contributed by atoms with Crippen molar-refractivity contribution in [3.63, 3.8) is 0 Å². The molecule has 0 rings (SSSR count). The Labute approximate surface area is 59.4 Å². The fraction of sp³-hybridized carbons (Fsp3) is 0.500. The van der Waals surface area contributed by atoms with Gasteiger partial charge in [0.2, 0.25) is 10.5 Å². The van der Waals surface area contributed by atoms with E-state index in [0.29, 0.717) is 10.5 Å². The van der Waals surface area contributed by atoms with Gasteiger partial charge in [-0.2, -0.15) is 0 Å². The Bertz CT molecular complexity index is 85.1. The van der Waals surface area contributed by atoms with Crippen molar-refractivity contribution in [1.82, 2.24) is 0 Å². The lowest BCUT2D eigenvalue weighted by molar-refractivity contribution is -0.131. The molecule has 0 bridgehead atoms. The van der Waals surface area contributed by atoms with Crippen LogP contribution in [0.3, 0.4) is 0 Å². The molecule has 0 heterocycles. The van der Waals surface area contributed by atoms with Crippen LogP contribution in [0.4, 0.5) is 0 Å². The lowest BCUT2D eigenvalue weighted by Crippen LogP contribution is -1.90. The van der Waals surface area contributed by atoms with E-state index < -0.39 is 0 Å². The molecule has 0 saturated carbocycles. The van der Waals surface area contributed by atoms with Crippen molar-refractivity contribution in [2.24, 2.45) is 0 Å². The SMILES string of the molecule is CC(=O)O[SiH3].CC=CC. The summed E-state index contributed by atoms with van der Waals surface area (Å²) in [5.74, 6) is -0.184. The van der Waals surface area contributed by atoms with Gasteiger partial charge in [-0.25, -0.2) is 0 Å². The Morgan fingerprint density at radius 2 is 1.67 bits per heavy atom. The quantitative estimate of drug-likeness (QED) is 0.365.